The molecule has 0 bridgehead atoms. The van der Waals surface area contributed by atoms with Gasteiger partial charge >= 0.3 is 0 Å². The molecule has 4 aliphatic rings. The molecule has 4 unspecified atom stereocenters. The van der Waals surface area contributed by atoms with Gasteiger partial charge < -0.3 is 5.11 Å². The largest absolute Gasteiger partial charge is 0.393 e. The number of halogens is 1. The summed E-state index contributed by atoms with van der Waals surface area (Å²) < 4.78 is 15.2. The van der Waals surface area contributed by atoms with Crippen LogP contribution in [0.2, 0.25) is 0 Å². The average Bonchev–Trinajstić information content (AvgIpc) is 2.79. The van der Waals surface area contributed by atoms with Gasteiger partial charge in [-0.05, 0) is 60.2 Å². The molecule has 142 valence electrons. The zero-order chi connectivity index (χ0) is 19.0. The van der Waals surface area contributed by atoms with E-state index in [-0.39, 0.29) is 45.9 Å². The number of carbonyl (C=O) groups excluding carboxylic acids is 2. The third-order valence-electron chi connectivity index (χ3n) is 8.08. The van der Waals surface area contributed by atoms with E-state index in [9.17, 15) is 14.7 Å². The SMILES string of the molecule is C[C@@H]1CC2C3C[C@H](F)C4=CC(=O)C=C[C@]4(C)C3[C@@H](O)C[C@]2(C)C1C(=O)S. The molecule has 0 aromatic rings. The van der Waals surface area contributed by atoms with E-state index in [4.69, 9.17) is 0 Å². The molecule has 5 heteroatoms. The Morgan fingerprint density at radius 3 is 2.69 bits per heavy atom. The zero-order valence-corrected chi connectivity index (χ0v) is 16.4. The summed E-state index contributed by atoms with van der Waals surface area (Å²) in [6, 6.07) is 0. The van der Waals surface area contributed by atoms with Crippen LogP contribution in [0.15, 0.2) is 23.8 Å². The molecule has 0 amide bonds. The molecule has 0 aliphatic heterocycles. The lowest BCUT2D eigenvalue weighted by atomic mass is 9.46. The number of carbonyl (C=O) groups is 2. The number of hydrogen-bond acceptors (Lipinski definition) is 3. The Kier molecular flexibility index (Phi) is 4.09. The van der Waals surface area contributed by atoms with Gasteiger partial charge in [0.2, 0.25) is 0 Å². The third-order valence-corrected chi connectivity index (χ3v) is 8.36. The molecule has 0 spiro atoms. The van der Waals surface area contributed by atoms with Crippen LogP contribution < -0.4 is 0 Å². The van der Waals surface area contributed by atoms with Gasteiger partial charge in [-0.15, -0.1) is 12.6 Å². The summed E-state index contributed by atoms with van der Waals surface area (Å²) in [5.74, 6) is -0.119. The van der Waals surface area contributed by atoms with E-state index in [1.54, 1.807) is 6.08 Å². The van der Waals surface area contributed by atoms with Gasteiger partial charge in [0.05, 0.1) is 6.10 Å². The van der Waals surface area contributed by atoms with Gasteiger partial charge in [0, 0.05) is 17.3 Å². The number of ketones is 1. The fourth-order valence-corrected chi connectivity index (χ4v) is 7.78. The van der Waals surface area contributed by atoms with E-state index in [0.29, 0.717) is 18.4 Å². The minimum absolute atomic E-state index is 0.00103. The van der Waals surface area contributed by atoms with Crippen molar-refractivity contribution >= 4 is 23.5 Å². The minimum atomic E-state index is -1.18. The van der Waals surface area contributed by atoms with Gasteiger partial charge in [-0.25, -0.2) is 4.39 Å². The predicted octanol–water partition coefficient (Wildman–Crippen LogP) is 3.53. The van der Waals surface area contributed by atoms with Crippen LogP contribution in [0.3, 0.4) is 0 Å². The van der Waals surface area contributed by atoms with Crippen molar-refractivity contribution < 1.29 is 19.1 Å². The van der Waals surface area contributed by atoms with Crippen LogP contribution >= 0.6 is 12.6 Å². The average molecular weight is 379 g/mol. The standard InChI is InChI=1S/C21H27FO3S/c1-10-6-13-12-8-15(22)14-7-11(23)4-5-20(14,2)18(12)16(24)9-21(13,3)17(10)19(25)26/h4-5,7,10,12-13,15-18,24H,6,8-9H2,1-3H3,(H,25,26)/t10-,12?,13?,15+,16+,17?,18?,20+,21+/m1/s1. The lowest BCUT2D eigenvalue weighted by Crippen LogP contribution is -2.58. The molecule has 26 heavy (non-hydrogen) atoms. The van der Waals surface area contributed by atoms with Gasteiger partial charge in [-0.1, -0.05) is 26.8 Å². The smallest absolute Gasteiger partial charge is 0.189 e. The highest BCUT2D eigenvalue weighted by Crippen LogP contribution is 2.67. The van der Waals surface area contributed by atoms with E-state index >= 15 is 4.39 Å². The summed E-state index contributed by atoms with van der Waals surface area (Å²) in [4.78, 5) is 24.0. The van der Waals surface area contributed by atoms with Gasteiger partial charge in [0.15, 0.2) is 10.9 Å². The number of fused-ring (bicyclic) bond motifs is 5. The summed E-state index contributed by atoms with van der Waals surface area (Å²) >= 11 is 4.14. The highest BCUT2D eigenvalue weighted by molar-refractivity contribution is 7.96. The molecule has 0 saturated heterocycles. The quantitative estimate of drug-likeness (QED) is 0.687. The summed E-state index contributed by atoms with van der Waals surface area (Å²) in [5.41, 5.74) is -0.463. The molecule has 0 aromatic heterocycles. The molecule has 3 fully saturated rings. The molecule has 3 nitrogen and oxygen atoms in total. The van der Waals surface area contributed by atoms with E-state index in [1.807, 2.05) is 6.92 Å². The summed E-state index contributed by atoms with van der Waals surface area (Å²) in [6.45, 7) is 6.11. The molecule has 1 N–H and O–H groups in total. The topological polar surface area (TPSA) is 54.4 Å². The first-order chi connectivity index (χ1) is 12.1. The number of thiol groups is 1. The number of allylic oxidation sites excluding steroid dienone is 4. The van der Waals surface area contributed by atoms with Crippen molar-refractivity contribution in [3.8, 4) is 0 Å². The van der Waals surface area contributed by atoms with E-state index in [2.05, 4.69) is 26.5 Å². The number of aliphatic hydroxyl groups excluding tert-OH is 1. The van der Waals surface area contributed by atoms with Crippen LogP contribution in [0.4, 0.5) is 4.39 Å². The van der Waals surface area contributed by atoms with Crippen molar-refractivity contribution in [2.45, 2.75) is 52.3 Å². The molecular weight excluding hydrogens is 351 g/mol. The van der Waals surface area contributed by atoms with Crippen molar-refractivity contribution in [3.63, 3.8) is 0 Å². The van der Waals surface area contributed by atoms with Crippen LogP contribution in [0.25, 0.3) is 0 Å². The number of hydrogen-bond donors (Lipinski definition) is 2. The van der Waals surface area contributed by atoms with Crippen molar-refractivity contribution in [2.75, 3.05) is 0 Å². The molecule has 0 aromatic carbocycles. The number of rotatable bonds is 1. The zero-order valence-electron chi connectivity index (χ0n) is 15.5. The minimum Gasteiger partial charge on any atom is -0.393 e. The fourth-order valence-electron chi connectivity index (χ4n) is 7.23. The Hall–Kier alpha value is -0.940. The van der Waals surface area contributed by atoms with E-state index in [1.165, 1.54) is 12.2 Å². The van der Waals surface area contributed by atoms with Crippen LogP contribution in [0, 0.1) is 40.4 Å². The third kappa shape index (κ3) is 2.29. The first-order valence-electron chi connectivity index (χ1n) is 9.60. The Morgan fingerprint density at radius 1 is 1.35 bits per heavy atom. The second kappa shape index (κ2) is 5.78. The highest BCUT2D eigenvalue weighted by atomic mass is 32.1. The second-order valence-electron chi connectivity index (χ2n) is 9.42. The van der Waals surface area contributed by atoms with Crippen molar-refractivity contribution in [2.24, 2.45) is 40.4 Å². The Bertz CT molecular complexity index is 731. The fraction of sp³-hybridized carbons (Fsp3) is 0.714. The van der Waals surface area contributed by atoms with Gasteiger partial charge in [0.1, 0.15) is 6.17 Å². The predicted molar refractivity (Wildman–Crippen MR) is 100 cm³/mol. The normalized spacial score (nSPS) is 52.8. The molecule has 0 heterocycles. The maximum Gasteiger partial charge on any atom is 0.189 e. The summed E-state index contributed by atoms with van der Waals surface area (Å²) in [7, 11) is 0. The Labute approximate surface area is 159 Å². The van der Waals surface area contributed by atoms with Crippen molar-refractivity contribution in [1.29, 1.82) is 0 Å². The lowest BCUT2D eigenvalue weighted by Gasteiger charge is -2.59. The first-order valence-corrected chi connectivity index (χ1v) is 10.0. The molecule has 9 atom stereocenters. The molecule has 4 rings (SSSR count). The van der Waals surface area contributed by atoms with Crippen LogP contribution in [-0.4, -0.2) is 28.3 Å². The maximum absolute atomic E-state index is 15.2. The molecule has 3 saturated carbocycles. The van der Waals surface area contributed by atoms with Crippen molar-refractivity contribution in [3.05, 3.63) is 23.8 Å². The molecule has 0 radical (unpaired) electrons. The first kappa shape index (κ1) is 18.4. The van der Waals surface area contributed by atoms with Crippen molar-refractivity contribution in [1.82, 2.24) is 0 Å². The summed E-state index contributed by atoms with van der Waals surface area (Å²) in [5, 5.41) is 11.0. The van der Waals surface area contributed by atoms with Crippen LogP contribution in [0.1, 0.15) is 40.0 Å². The highest BCUT2D eigenvalue weighted by Gasteiger charge is 2.65. The van der Waals surface area contributed by atoms with Crippen LogP contribution in [0.5, 0.6) is 0 Å². The monoisotopic (exact) mass is 378 g/mol. The van der Waals surface area contributed by atoms with E-state index < -0.39 is 17.7 Å². The Balaban J connectivity index is 1.79. The number of alkyl halides is 1. The Morgan fingerprint density at radius 2 is 2.04 bits per heavy atom. The van der Waals surface area contributed by atoms with Gasteiger partial charge in [-0.3, -0.25) is 9.59 Å². The maximum atomic E-state index is 15.2. The second-order valence-corrected chi connectivity index (χ2v) is 9.86. The van der Waals surface area contributed by atoms with Gasteiger partial charge in [-0.2, -0.15) is 0 Å². The molecular formula is C21H27FO3S. The summed E-state index contributed by atoms with van der Waals surface area (Å²) in [6.07, 6.45) is 4.67. The lowest BCUT2D eigenvalue weighted by molar-refractivity contribution is -0.137. The van der Waals surface area contributed by atoms with Gasteiger partial charge in [0.25, 0.3) is 0 Å². The van der Waals surface area contributed by atoms with E-state index in [0.717, 1.165) is 6.42 Å². The number of aliphatic hydroxyl groups is 1. The molecule has 4 aliphatic carbocycles. The van der Waals surface area contributed by atoms with Crippen LogP contribution in [-0.2, 0) is 9.59 Å².